The van der Waals surface area contributed by atoms with E-state index in [1.54, 1.807) is 4.90 Å². The number of rotatable bonds is 4. The van der Waals surface area contributed by atoms with Crippen LogP contribution in [0.3, 0.4) is 0 Å². The van der Waals surface area contributed by atoms with Crippen molar-refractivity contribution in [2.75, 3.05) is 16.8 Å². The highest BCUT2D eigenvalue weighted by molar-refractivity contribution is 7.15. The summed E-state index contributed by atoms with van der Waals surface area (Å²) < 4.78 is 0. The molecule has 2 amide bonds. The number of carbonyl (C=O) groups is 2. The number of nitrogens with zero attached hydrogens (tertiary/aromatic N) is 3. The minimum absolute atomic E-state index is 0.0132. The summed E-state index contributed by atoms with van der Waals surface area (Å²) in [7, 11) is 0. The van der Waals surface area contributed by atoms with Crippen LogP contribution in [0.15, 0.2) is 24.3 Å². The van der Waals surface area contributed by atoms with Crippen molar-refractivity contribution in [3.05, 3.63) is 34.8 Å². The van der Waals surface area contributed by atoms with Gasteiger partial charge in [-0.15, -0.1) is 10.2 Å². The minimum atomic E-state index is -0.209. The molecule has 1 aromatic carbocycles. The molecule has 2 aromatic rings. The fraction of sp³-hybridized carbons (Fsp3) is 0.375. The number of hydrogen-bond acceptors (Lipinski definition) is 5. The van der Waals surface area contributed by atoms with E-state index in [1.165, 1.54) is 16.9 Å². The van der Waals surface area contributed by atoms with Crippen LogP contribution < -0.4 is 10.2 Å². The first-order valence-corrected chi connectivity index (χ1v) is 8.43. The van der Waals surface area contributed by atoms with Crippen molar-refractivity contribution in [3.63, 3.8) is 0 Å². The van der Waals surface area contributed by atoms with Gasteiger partial charge < -0.3 is 10.2 Å². The number of amides is 2. The second-order valence-electron chi connectivity index (χ2n) is 5.45. The average Bonchev–Trinajstić information content (AvgIpc) is 2.97. The molecule has 3 rings (SSSR count). The molecule has 0 radical (unpaired) electrons. The van der Waals surface area contributed by atoms with Crippen LogP contribution in [0.4, 0.5) is 10.8 Å². The first-order valence-electron chi connectivity index (χ1n) is 7.62. The Morgan fingerprint density at radius 2 is 2.09 bits per heavy atom. The second-order valence-corrected chi connectivity index (χ2v) is 6.63. The van der Waals surface area contributed by atoms with Gasteiger partial charge in [0.05, 0.1) is 0 Å². The van der Waals surface area contributed by atoms with Gasteiger partial charge in [0.1, 0.15) is 5.01 Å². The van der Waals surface area contributed by atoms with Crippen LogP contribution in [0.5, 0.6) is 0 Å². The van der Waals surface area contributed by atoms with E-state index in [0.29, 0.717) is 11.7 Å². The van der Waals surface area contributed by atoms with E-state index in [1.807, 2.05) is 25.1 Å². The molecule has 0 bridgehead atoms. The summed E-state index contributed by atoms with van der Waals surface area (Å²) in [6.07, 6.45) is 2.30. The van der Waals surface area contributed by atoms with E-state index in [9.17, 15) is 9.59 Å². The lowest BCUT2D eigenvalue weighted by atomic mass is 10.0. The van der Waals surface area contributed by atoms with Gasteiger partial charge in [-0.2, -0.15) is 0 Å². The number of aryl methyl sites for hydroxylation is 2. The predicted octanol–water partition coefficient (Wildman–Crippen LogP) is 2.54. The van der Waals surface area contributed by atoms with Crippen LogP contribution in [0.25, 0.3) is 0 Å². The van der Waals surface area contributed by atoms with Gasteiger partial charge in [-0.05, 0) is 31.4 Å². The van der Waals surface area contributed by atoms with Gasteiger partial charge in [0.15, 0.2) is 0 Å². The van der Waals surface area contributed by atoms with E-state index in [-0.39, 0.29) is 24.7 Å². The maximum atomic E-state index is 12.4. The zero-order chi connectivity index (χ0) is 16.2. The molecule has 0 atom stereocenters. The Balaban J connectivity index is 1.57. The Morgan fingerprint density at radius 1 is 1.26 bits per heavy atom. The van der Waals surface area contributed by atoms with E-state index < -0.39 is 0 Å². The SMILES string of the molecule is Cc1nnc(NC(=O)CCC(=O)N2CCCc3ccccc32)s1. The third-order valence-corrected chi connectivity index (χ3v) is 4.50. The number of anilines is 2. The third-order valence-electron chi connectivity index (χ3n) is 3.75. The smallest absolute Gasteiger partial charge is 0.227 e. The Labute approximate surface area is 138 Å². The van der Waals surface area contributed by atoms with Gasteiger partial charge in [-0.3, -0.25) is 9.59 Å². The van der Waals surface area contributed by atoms with Gasteiger partial charge in [-0.1, -0.05) is 29.5 Å². The predicted molar refractivity (Wildman–Crippen MR) is 89.6 cm³/mol. The minimum Gasteiger partial charge on any atom is -0.312 e. The average molecular weight is 330 g/mol. The number of aromatic nitrogens is 2. The van der Waals surface area contributed by atoms with Gasteiger partial charge >= 0.3 is 0 Å². The summed E-state index contributed by atoms with van der Waals surface area (Å²) in [4.78, 5) is 26.1. The van der Waals surface area contributed by atoms with Crippen molar-refractivity contribution in [2.45, 2.75) is 32.6 Å². The lowest BCUT2D eigenvalue weighted by Crippen LogP contribution is -2.35. The van der Waals surface area contributed by atoms with Crippen LogP contribution in [0, 0.1) is 6.92 Å². The van der Waals surface area contributed by atoms with Gasteiger partial charge in [0.25, 0.3) is 0 Å². The lowest BCUT2D eigenvalue weighted by Gasteiger charge is -2.29. The maximum absolute atomic E-state index is 12.4. The standard InChI is InChI=1S/C16H18N4O2S/c1-11-18-19-16(23-11)17-14(21)8-9-15(22)20-10-4-6-12-5-2-3-7-13(12)20/h2-3,5,7H,4,6,8-10H2,1H3,(H,17,19,21). The number of fused-ring (bicyclic) bond motifs is 1. The third kappa shape index (κ3) is 3.73. The Bertz CT molecular complexity index is 728. The monoisotopic (exact) mass is 330 g/mol. The number of benzene rings is 1. The quantitative estimate of drug-likeness (QED) is 0.935. The molecule has 23 heavy (non-hydrogen) atoms. The molecule has 1 aromatic heterocycles. The van der Waals surface area contributed by atoms with Gasteiger partial charge in [0, 0.05) is 25.1 Å². The molecule has 1 aliphatic heterocycles. The van der Waals surface area contributed by atoms with Crippen LogP contribution in [-0.2, 0) is 16.0 Å². The van der Waals surface area contributed by atoms with E-state index in [4.69, 9.17) is 0 Å². The zero-order valence-electron chi connectivity index (χ0n) is 12.9. The molecule has 1 N–H and O–H groups in total. The van der Waals surface area contributed by atoms with E-state index in [2.05, 4.69) is 21.6 Å². The largest absolute Gasteiger partial charge is 0.312 e. The van der Waals surface area contributed by atoms with Crippen molar-refractivity contribution < 1.29 is 9.59 Å². The summed E-state index contributed by atoms with van der Waals surface area (Å²) in [5, 5.41) is 11.6. The van der Waals surface area contributed by atoms with Crippen LogP contribution in [-0.4, -0.2) is 28.6 Å². The highest BCUT2D eigenvalue weighted by Gasteiger charge is 2.22. The van der Waals surface area contributed by atoms with Crippen molar-refractivity contribution in [1.29, 1.82) is 0 Å². The van der Waals surface area contributed by atoms with E-state index >= 15 is 0 Å². The molecule has 0 saturated heterocycles. The highest BCUT2D eigenvalue weighted by Crippen LogP contribution is 2.27. The summed E-state index contributed by atoms with van der Waals surface area (Å²) in [6, 6.07) is 7.95. The molecule has 0 spiro atoms. The molecule has 6 nitrogen and oxygen atoms in total. The summed E-state index contributed by atoms with van der Waals surface area (Å²) in [6.45, 7) is 2.54. The van der Waals surface area contributed by atoms with Crippen molar-refractivity contribution in [1.82, 2.24) is 10.2 Å². The topological polar surface area (TPSA) is 75.2 Å². The zero-order valence-corrected chi connectivity index (χ0v) is 13.7. The van der Waals surface area contributed by atoms with Crippen LogP contribution >= 0.6 is 11.3 Å². The molecular weight excluding hydrogens is 312 g/mol. The number of para-hydroxylation sites is 1. The number of nitrogens with one attached hydrogen (secondary N) is 1. The Hall–Kier alpha value is -2.28. The van der Waals surface area contributed by atoms with Crippen molar-refractivity contribution in [3.8, 4) is 0 Å². The molecule has 0 unspecified atom stereocenters. The normalized spacial score (nSPS) is 13.5. The first kappa shape index (κ1) is 15.6. The second kappa shape index (κ2) is 6.87. The lowest BCUT2D eigenvalue weighted by molar-refractivity contribution is -0.122. The summed E-state index contributed by atoms with van der Waals surface area (Å²) in [5.74, 6) is -0.222. The molecule has 2 heterocycles. The fourth-order valence-corrected chi connectivity index (χ4v) is 3.28. The molecule has 1 aliphatic rings. The molecule has 120 valence electrons. The number of carbonyl (C=O) groups excluding carboxylic acids is 2. The maximum Gasteiger partial charge on any atom is 0.227 e. The Morgan fingerprint density at radius 3 is 2.87 bits per heavy atom. The molecule has 0 saturated carbocycles. The van der Waals surface area contributed by atoms with Crippen LogP contribution in [0.1, 0.15) is 29.8 Å². The first-order chi connectivity index (χ1) is 11.1. The molecular formula is C16H18N4O2S. The van der Waals surface area contributed by atoms with Crippen molar-refractivity contribution >= 4 is 34.0 Å². The fourth-order valence-electron chi connectivity index (χ4n) is 2.68. The highest BCUT2D eigenvalue weighted by atomic mass is 32.1. The molecule has 0 fully saturated rings. The number of hydrogen-bond donors (Lipinski definition) is 1. The van der Waals surface area contributed by atoms with Crippen molar-refractivity contribution in [2.24, 2.45) is 0 Å². The molecule has 7 heteroatoms. The summed E-state index contributed by atoms with van der Waals surface area (Å²) >= 11 is 1.32. The Kier molecular flexibility index (Phi) is 4.66. The molecule has 0 aliphatic carbocycles. The van der Waals surface area contributed by atoms with Gasteiger partial charge in [-0.25, -0.2) is 0 Å². The van der Waals surface area contributed by atoms with E-state index in [0.717, 1.165) is 23.5 Å². The van der Waals surface area contributed by atoms with Gasteiger partial charge in [0.2, 0.25) is 16.9 Å². The summed E-state index contributed by atoms with van der Waals surface area (Å²) in [5.41, 5.74) is 2.17. The van der Waals surface area contributed by atoms with Crippen LogP contribution in [0.2, 0.25) is 0 Å².